The Bertz CT molecular complexity index is 491. The summed E-state index contributed by atoms with van der Waals surface area (Å²) in [5.74, 6) is 0. The zero-order valence-corrected chi connectivity index (χ0v) is 5.53. The lowest BCUT2D eigenvalue weighted by Gasteiger charge is -1.81. The first-order valence-corrected chi connectivity index (χ1v) is 3.32. The first-order chi connectivity index (χ1) is 5.66. The monoisotopic (exact) mass is 155 g/mol. The maximum atomic E-state index is 11.1. The summed E-state index contributed by atoms with van der Waals surface area (Å²) in [6.07, 6.45) is -0.224. The van der Waals surface area contributed by atoms with Crippen molar-refractivity contribution in [2.24, 2.45) is 0 Å². The van der Waals surface area contributed by atoms with Gasteiger partial charge in [-0.1, -0.05) is 0 Å². The van der Waals surface area contributed by atoms with E-state index >= 15 is 0 Å². The number of hydrogen-bond acceptors (Lipinski definition) is 4. The number of fused-ring (bicyclic) bond motifs is 1. The van der Waals surface area contributed by atoms with Crippen LogP contribution in [0.25, 0.3) is 10.3 Å². The van der Waals surface area contributed by atoms with Gasteiger partial charge in [0.25, 0.3) is 5.56 Å². The molecule has 4 nitrogen and oxygen atoms in total. The molecular formula is C5H3N3OS. The molecule has 0 saturated carbocycles. The first-order valence-electron chi connectivity index (χ1n) is 3.51. The molecule has 0 aliphatic heterocycles. The standard InChI is InChI=1S/C5H3N3OS/c9-5-3-4(6-1-7-5)8-2-10-3/h1-2H,(H,6,7,9)/i1D,2D. The van der Waals surface area contributed by atoms with Gasteiger partial charge < -0.3 is 4.98 Å². The van der Waals surface area contributed by atoms with E-state index in [1.54, 1.807) is 0 Å². The Labute approximate surface area is 62.4 Å². The van der Waals surface area contributed by atoms with Gasteiger partial charge in [0.2, 0.25) is 0 Å². The van der Waals surface area contributed by atoms with Crippen LogP contribution in [0, 0.1) is 0 Å². The lowest BCUT2D eigenvalue weighted by molar-refractivity contribution is 1.16. The highest BCUT2D eigenvalue weighted by atomic mass is 32.1. The molecule has 2 rings (SSSR count). The number of rotatable bonds is 0. The maximum Gasteiger partial charge on any atom is 0.270 e. The van der Waals surface area contributed by atoms with Gasteiger partial charge in [0.15, 0.2) is 5.65 Å². The molecular weight excluding hydrogens is 150 g/mol. The van der Waals surface area contributed by atoms with Crippen LogP contribution in [0.1, 0.15) is 2.74 Å². The van der Waals surface area contributed by atoms with E-state index in [2.05, 4.69) is 15.0 Å². The largest absolute Gasteiger partial charge is 0.312 e. The summed E-state index contributed by atoms with van der Waals surface area (Å²) in [5.41, 5.74) is -0.187. The van der Waals surface area contributed by atoms with Crippen molar-refractivity contribution in [1.82, 2.24) is 15.0 Å². The molecule has 2 heterocycles. The number of aromatic nitrogens is 3. The minimum atomic E-state index is -0.402. The van der Waals surface area contributed by atoms with Gasteiger partial charge in [-0.15, -0.1) is 11.3 Å². The van der Waals surface area contributed by atoms with Gasteiger partial charge in [0, 0.05) is 0 Å². The van der Waals surface area contributed by atoms with Crippen LogP contribution in [0.3, 0.4) is 0 Å². The number of nitrogens with zero attached hydrogens (tertiary/aromatic N) is 2. The molecule has 0 atom stereocenters. The molecule has 50 valence electrons. The predicted octanol–water partition coefficient (Wildman–Crippen LogP) is 0.380. The van der Waals surface area contributed by atoms with Crippen molar-refractivity contribution in [3.8, 4) is 0 Å². The maximum absolute atomic E-state index is 11.1. The summed E-state index contributed by atoms with van der Waals surface area (Å²) >= 11 is 0.953. The minimum Gasteiger partial charge on any atom is -0.312 e. The van der Waals surface area contributed by atoms with Crippen LogP contribution in [-0.2, 0) is 0 Å². The third kappa shape index (κ3) is 0.640. The summed E-state index contributed by atoms with van der Waals surface area (Å²) in [7, 11) is 0. The van der Waals surface area contributed by atoms with Crippen molar-refractivity contribution in [3.05, 3.63) is 22.1 Å². The van der Waals surface area contributed by atoms with Crippen molar-refractivity contribution >= 4 is 21.7 Å². The SMILES string of the molecule is [2H]c1nc2nc([2H])sc2c(=O)[nH]1. The van der Waals surface area contributed by atoms with Gasteiger partial charge in [-0.05, 0) is 0 Å². The summed E-state index contributed by atoms with van der Waals surface area (Å²) in [6.45, 7) is 0. The Kier molecular flexibility index (Phi) is 0.718. The fourth-order valence-electron chi connectivity index (χ4n) is 0.620. The van der Waals surface area contributed by atoms with E-state index in [0.29, 0.717) is 4.70 Å². The van der Waals surface area contributed by atoms with E-state index in [0.717, 1.165) is 11.3 Å². The van der Waals surface area contributed by atoms with Crippen molar-refractivity contribution < 1.29 is 2.74 Å². The molecule has 0 aromatic carbocycles. The molecule has 0 fully saturated rings. The number of aromatic amines is 1. The van der Waals surface area contributed by atoms with Crippen LogP contribution >= 0.6 is 11.3 Å². The smallest absolute Gasteiger partial charge is 0.270 e. The van der Waals surface area contributed by atoms with Crippen LogP contribution in [0.15, 0.2) is 16.6 Å². The average Bonchev–Trinajstić information content (AvgIpc) is 2.29. The highest BCUT2D eigenvalue weighted by Crippen LogP contribution is 2.07. The summed E-state index contributed by atoms with van der Waals surface area (Å²) in [4.78, 5) is 20.6. The van der Waals surface area contributed by atoms with Gasteiger partial charge in [-0.3, -0.25) is 4.79 Å². The fraction of sp³-hybridized carbons (Fsp3) is 0. The Morgan fingerprint density at radius 2 is 2.60 bits per heavy atom. The number of nitrogens with one attached hydrogen (secondary N) is 1. The molecule has 0 radical (unpaired) electrons. The summed E-state index contributed by atoms with van der Waals surface area (Å²) in [5, 5.41) is 0. The van der Waals surface area contributed by atoms with Crippen LogP contribution in [0.4, 0.5) is 0 Å². The molecule has 1 N–H and O–H groups in total. The second-order valence-corrected chi connectivity index (χ2v) is 2.43. The Morgan fingerprint density at radius 3 is 3.50 bits per heavy atom. The highest BCUT2D eigenvalue weighted by molar-refractivity contribution is 7.16. The zero-order valence-electron chi connectivity index (χ0n) is 6.71. The van der Waals surface area contributed by atoms with Gasteiger partial charge in [0.05, 0.1) is 13.2 Å². The first kappa shape index (κ1) is 3.82. The van der Waals surface area contributed by atoms with Crippen LogP contribution in [0.2, 0.25) is 0 Å². The van der Waals surface area contributed by atoms with E-state index in [1.807, 2.05) is 0 Å². The normalized spacial score (nSPS) is 13.2. The topological polar surface area (TPSA) is 58.6 Å². The van der Waals surface area contributed by atoms with Gasteiger partial charge in [-0.25, -0.2) is 9.97 Å². The van der Waals surface area contributed by atoms with Gasteiger partial charge in [0.1, 0.15) is 6.07 Å². The second-order valence-electron chi connectivity index (χ2n) is 1.64. The molecule has 0 aliphatic rings. The minimum absolute atomic E-state index is 0.0357. The van der Waals surface area contributed by atoms with Crippen molar-refractivity contribution in [2.75, 3.05) is 0 Å². The molecule has 5 heteroatoms. The number of thiazole rings is 1. The number of H-pyrrole nitrogens is 1. The molecule has 2 aromatic heterocycles. The van der Waals surface area contributed by atoms with Crippen molar-refractivity contribution in [1.29, 1.82) is 0 Å². The Morgan fingerprint density at radius 1 is 1.70 bits per heavy atom. The van der Waals surface area contributed by atoms with Crippen LogP contribution < -0.4 is 5.56 Å². The molecule has 0 unspecified atom stereocenters. The summed E-state index contributed by atoms with van der Waals surface area (Å²) in [6, 6.07) is 0. The molecule has 0 amide bonds. The summed E-state index contributed by atoms with van der Waals surface area (Å²) < 4.78 is 14.5. The molecule has 0 spiro atoms. The average molecular weight is 155 g/mol. The van der Waals surface area contributed by atoms with E-state index in [1.165, 1.54) is 0 Å². The van der Waals surface area contributed by atoms with Crippen LogP contribution in [0.5, 0.6) is 0 Å². The van der Waals surface area contributed by atoms with Gasteiger partial charge in [-0.2, -0.15) is 0 Å². The Balaban J connectivity index is 2.98. The number of hydrogen-bond donors (Lipinski definition) is 1. The van der Waals surface area contributed by atoms with E-state index in [-0.39, 0.29) is 17.4 Å². The third-order valence-electron chi connectivity index (χ3n) is 1.04. The molecule has 0 bridgehead atoms. The third-order valence-corrected chi connectivity index (χ3v) is 1.79. The zero-order chi connectivity index (χ0) is 8.72. The van der Waals surface area contributed by atoms with Crippen LogP contribution in [-0.4, -0.2) is 15.0 Å². The fourth-order valence-corrected chi connectivity index (χ4v) is 1.17. The van der Waals surface area contributed by atoms with Crippen molar-refractivity contribution in [2.45, 2.75) is 0 Å². The molecule has 0 aliphatic carbocycles. The molecule has 0 saturated heterocycles. The second kappa shape index (κ2) is 1.88. The van der Waals surface area contributed by atoms with E-state index in [4.69, 9.17) is 2.74 Å². The molecule has 2 aromatic rings. The highest BCUT2D eigenvalue weighted by Gasteiger charge is 1.98. The quantitative estimate of drug-likeness (QED) is 0.598. The van der Waals surface area contributed by atoms with E-state index in [9.17, 15) is 4.79 Å². The Hall–Kier alpha value is -1.23. The van der Waals surface area contributed by atoms with Crippen molar-refractivity contribution in [3.63, 3.8) is 0 Å². The predicted molar refractivity (Wildman–Crippen MR) is 38.0 cm³/mol. The van der Waals surface area contributed by atoms with E-state index < -0.39 is 5.56 Å². The lowest BCUT2D eigenvalue weighted by atomic mass is 10.6. The lowest BCUT2D eigenvalue weighted by Crippen LogP contribution is -2.03. The molecule has 10 heavy (non-hydrogen) atoms. The van der Waals surface area contributed by atoms with Gasteiger partial charge >= 0.3 is 0 Å².